The predicted octanol–water partition coefficient (Wildman–Crippen LogP) is 3.28. The van der Waals surface area contributed by atoms with E-state index in [2.05, 4.69) is 27.4 Å². The molecule has 0 radical (unpaired) electrons. The van der Waals surface area contributed by atoms with Gasteiger partial charge in [-0.2, -0.15) is 0 Å². The highest BCUT2D eigenvalue weighted by atomic mass is 14.9. The Morgan fingerprint density at radius 1 is 1.06 bits per heavy atom. The molecule has 0 bridgehead atoms. The number of aromatic nitrogens is 2. The summed E-state index contributed by atoms with van der Waals surface area (Å²) in [6.45, 7) is 1.14. The number of aromatic amines is 1. The molecule has 18 heavy (non-hydrogen) atoms. The number of hydrogen-bond donors (Lipinski definition) is 2. The van der Waals surface area contributed by atoms with Gasteiger partial charge in [0.2, 0.25) is 0 Å². The molecule has 0 spiro atoms. The Bertz CT molecular complexity index is 428. The van der Waals surface area contributed by atoms with Crippen molar-refractivity contribution in [2.24, 2.45) is 0 Å². The van der Waals surface area contributed by atoms with Gasteiger partial charge < -0.3 is 10.3 Å². The van der Waals surface area contributed by atoms with Crippen LogP contribution < -0.4 is 5.32 Å². The SMILES string of the molecule is CNCCCCCCCc1nc2ccccc2[nH]1. The van der Waals surface area contributed by atoms with E-state index in [1.165, 1.54) is 32.1 Å². The minimum absolute atomic E-state index is 1.07. The predicted molar refractivity (Wildman–Crippen MR) is 76.8 cm³/mol. The van der Waals surface area contributed by atoms with E-state index in [1.54, 1.807) is 0 Å². The summed E-state index contributed by atoms with van der Waals surface area (Å²) in [4.78, 5) is 7.98. The smallest absolute Gasteiger partial charge is 0.107 e. The zero-order chi connectivity index (χ0) is 12.6. The van der Waals surface area contributed by atoms with Crippen molar-refractivity contribution in [3.05, 3.63) is 30.1 Å². The average Bonchev–Trinajstić information content (AvgIpc) is 2.80. The van der Waals surface area contributed by atoms with E-state index in [1.807, 2.05) is 19.2 Å². The molecule has 2 rings (SSSR count). The summed E-state index contributed by atoms with van der Waals surface area (Å²) in [6, 6.07) is 8.23. The van der Waals surface area contributed by atoms with Gasteiger partial charge in [0, 0.05) is 6.42 Å². The van der Waals surface area contributed by atoms with Crippen molar-refractivity contribution in [1.82, 2.24) is 15.3 Å². The highest BCUT2D eigenvalue weighted by Crippen LogP contribution is 2.12. The van der Waals surface area contributed by atoms with Gasteiger partial charge >= 0.3 is 0 Å². The number of rotatable bonds is 8. The maximum absolute atomic E-state index is 4.59. The van der Waals surface area contributed by atoms with Crippen molar-refractivity contribution < 1.29 is 0 Å². The first-order valence-corrected chi connectivity index (χ1v) is 6.98. The van der Waals surface area contributed by atoms with Crippen molar-refractivity contribution in [3.8, 4) is 0 Å². The second-order valence-corrected chi connectivity index (χ2v) is 4.82. The molecule has 1 heterocycles. The summed E-state index contributed by atoms with van der Waals surface area (Å²) < 4.78 is 0. The van der Waals surface area contributed by atoms with Gasteiger partial charge in [-0.05, 0) is 38.6 Å². The van der Waals surface area contributed by atoms with E-state index in [0.29, 0.717) is 0 Å². The number of benzene rings is 1. The van der Waals surface area contributed by atoms with Crippen molar-refractivity contribution in [3.63, 3.8) is 0 Å². The molecule has 1 aromatic heterocycles. The van der Waals surface area contributed by atoms with Gasteiger partial charge in [0.25, 0.3) is 0 Å². The second-order valence-electron chi connectivity index (χ2n) is 4.82. The third kappa shape index (κ3) is 3.84. The number of hydrogen-bond acceptors (Lipinski definition) is 2. The fraction of sp³-hybridized carbons (Fsp3) is 0.533. The first-order valence-electron chi connectivity index (χ1n) is 6.98. The summed E-state index contributed by atoms with van der Waals surface area (Å²) in [5, 5.41) is 3.18. The summed E-state index contributed by atoms with van der Waals surface area (Å²) in [5.74, 6) is 1.13. The molecule has 0 aliphatic heterocycles. The van der Waals surface area contributed by atoms with Crippen LogP contribution in [0.25, 0.3) is 11.0 Å². The fourth-order valence-electron chi connectivity index (χ4n) is 2.25. The topological polar surface area (TPSA) is 40.7 Å². The lowest BCUT2D eigenvalue weighted by Crippen LogP contribution is -2.06. The van der Waals surface area contributed by atoms with Crippen LogP contribution in [0.1, 0.15) is 37.9 Å². The summed E-state index contributed by atoms with van der Waals surface area (Å²) >= 11 is 0. The monoisotopic (exact) mass is 245 g/mol. The zero-order valence-electron chi connectivity index (χ0n) is 11.2. The summed E-state index contributed by atoms with van der Waals surface area (Å²) in [6.07, 6.45) is 7.57. The lowest BCUT2D eigenvalue weighted by molar-refractivity contribution is 0.593. The van der Waals surface area contributed by atoms with Gasteiger partial charge in [-0.3, -0.25) is 0 Å². The number of nitrogens with one attached hydrogen (secondary N) is 2. The largest absolute Gasteiger partial charge is 0.342 e. The number of unbranched alkanes of at least 4 members (excludes halogenated alkanes) is 4. The van der Waals surface area contributed by atoms with E-state index in [-0.39, 0.29) is 0 Å². The van der Waals surface area contributed by atoms with Crippen LogP contribution in [0.4, 0.5) is 0 Å². The van der Waals surface area contributed by atoms with Crippen molar-refractivity contribution in [2.75, 3.05) is 13.6 Å². The lowest BCUT2D eigenvalue weighted by atomic mass is 10.1. The normalized spacial score (nSPS) is 11.2. The van der Waals surface area contributed by atoms with Gasteiger partial charge in [0.15, 0.2) is 0 Å². The Morgan fingerprint density at radius 3 is 2.67 bits per heavy atom. The van der Waals surface area contributed by atoms with Crippen molar-refractivity contribution in [2.45, 2.75) is 38.5 Å². The third-order valence-electron chi connectivity index (χ3n) is 3.28. The molecule has 3 nitrogen and oxygen atoms in total. The zero-order valence-corrected chi connectivity index (χ0v) is 11.2. The summed E-state index contributed by atoms with van der Waals surface area (Å²) in [5.41, 5.74) is 2.24. The van der Waals surface area contributed by atoms with E-state index >= 15 is 0 Å². The van der Waals surface area contributed by atoms with Crippen LogP contribution in [-0.2, 0) is 6.42 Å². The van der Waals surface area contributed by atoms with Crippen LogP contribution in [0.3, 0.4) is 0 Å². The molecule has 0 saturated heterocycles. The first-order chi connectivity index (χ1) is 8.90. The Morgan fingerprint density at radius 2 is 1.83 bits per heavy atom. The molecule has 2 aromatic rings. The lowest BCUT2D eigenvalue weighted by Gasteiger charge is -2.00. The average molecular weight is 245 g/mol. The number of para-hydroxylation sites is 2. The Labute approximate surface area is 109 Å². The van der Waals surface area contributed by atoms with Gasteiger partial charge in [0.1, 0.15) is 5.82 Å². The van der Waals surface area contributed by atoms with Crippen molar-refractivity contribution in [1.29, 1.82) is 0 Å². The molecule has 1 aromatic carbocycles. The molecule has 0 amide bonds. The van der Waals surface area contributed by atoms with Gasteiger partial charge in [-0.15, -0.1) is 0 Å². The van der Waals surface area contributed by atoms with Crippen LogP contribution in [0.15, 0.2) is 24.3 Å². The Balaban J connectivity index is 1.67. The maximum atomic E-state index is 4.59. The number of H-pyrrole nitrogens is 1. The number of aryl methyl sites for hydroxylation is 1. The van der Waals surface area contributed by atoms with Gasteiger partial charge in [-0.1, -0.05) is 31.4 Å². The van der Waals surface area contributed by atoms with E-state index in [4.69, 9.17) is 0 Å². The molecule has 0 aliphatic carbocycles. The van der Waals surface area contributed by atoms with E-state index in [9.17, 15) is 0 Å². The molecular formula is C15H23N3. The minimum atomic E-state index is 1.07. The highest BCUT2D eigenvalue weighted by molar-refractivity contribution is 5.74. The molecule has 98 valence electrons. The molecule has 0 unspecified atom stereocenters. The molecule has 0 saturated carbocycles. The molecule has 0 aliphatic rings. The van der Waals surface area contributed by atoms with Crippen LogP contribution in [0.5, 0.6) is 0 Å². The quantitative estimate of drug-likeness (QED) is 0.701. The van der Waals surface area contributed by atoms with Gasteiger partial charge in [0.05, 0.1) is 11.0 Å². The molecule has 0 atom stereocenters. The van der Waals surface area contributed by atoms with Gasteiger partial charge in [-0.25, -0.2) is 4.98 Å². The maximum Gasteiger partial charge on any atom is 0.107 e. The minimum Gasteiger partial charge on any atom is -0.342 e. The molecule has 2 N–H and O–H groups in total. The van der Waals surface area contributed by atoms with Crippen LogP contribution >= 0.6 is 0 Å². The van der Waals surface area contributed by atoms with Crippen LogP contribution in [-0.4, -0.2) is 23.6 Å². The van der Waals surface area contributed by atoms with E-state index < -0.39 is 0 Å². The van der Waals surface area contributed by atoms with Crippen molar-refractivity contribution >= 4 is 11.0 Å². The third-order valence-corrected chi connectivity index (χ3v) is 3.28. The van der Waals surface area contributed by atoms with Crippen LogP contribution in [0, 0.1) is 0 Å². The molecule has 3 heteroatoms. The molecule has 0 fully saturated rings. The number of imidazole rings is 1. The van der Waals surface area contributed by atoms with E-state index in [0.717, 1.165) is 29.8 Å². The highest BCUT2D eigenvalue weighted by Gasteiger charge is 2.01. The standard InChI is InChI=1S/C15H23N3/c1-16-12-8-4-2-3-5-11-15-17-13-9-6-7-10-14(13)18-15/h6-7,9-10,16H,2-5,8,11-12H2,1H3,(H,17,18). The number of fused-ring (bicyclic) bond motifs is 1. The first kappa shape index (κ1) is 13.1. The second kappa shape index (κ2) is 7.17. The Hall–Kier alpha value is -1.35. The number of nitrogens with zero attached hydrogens (tertiary/aromatic N) is 1. The Kier molecular flexibility index (Phi) is 5.21. The summed E-state index contributed by atoms with van der Waals surface area (Å²) in [7, 11) is 2.02. The fourth-order valence-corrected chi connectivity index (χ4v) is 2.25. The van der Waals surface area contributed by atoms with Crippen LogP contribution in [0.2, 0.25) is 0 Å². The molecular weight excluding hydrogens is 222 g/mol.